The zero-order valence-corrected chi connectivity index (χ0v) is 10.2. The molecular weight excluding hydrogens is 202 g/mol. The third-order valence-corrected chi connectivity index (χ3v) is 4.45. The summed E-state index contributed by atoms with van der Waals surface area (Å²) >= 11 is 7.76. The Hall–Kier alpha value is 0.600. The van der Waals surface area contributed by atoms with E-state index < -0.39 is 0 Å². The van der Waals surface area contributed by atoms with Gasteiger partial charge in [-0.1, -0.05) is 6.92 Å². The highest BCUT2D eigenvalue weighted by atomic mass is 35.5. The molecule has 78 valence electrons. The lowest BCUT2D eigenvalue weighted by Gasteiger charge is -2.37. The van der Waals surface area contributed by atoms with Gasteiger partial charge in [-0.15, -0.1) is 11.6 Å². The number of alkyl halides is 1. The Morgan fingerprint density at radius 2 is 2.15 bits per heavy atom. The fourth-order valence-corrected chi connectivity index (χ4v) is 3.07. The molecule has 3 heteroatoms. The molecule has 0 N–H and O–H groups in total. The molecule has 0 radical (unpaired) electrons. The molecule has 0 spiro atoms. The fraction of sp³-hybridized carbons (Fsp3) is 1.00. The number of hydrogen-bond acceptors (Lipinski definition) is 2. The summed E-state index contributed by atoms with van der Waals surface area (Å²) in [6, 6.07) is 0.745. The largest absolute Gasteiger partial charge is 0.299 e. The highest BCUT2D eigenvalue weighted by molar-refractivity contribution is 8.00. The number of halogens is 1. The van der Waals surface area contributed by atoms with E-state index in [1.54, 1.807) is 0 Å². The minimum atomic E-state index is 0.745. The molecule has 0 saturated carbocycles. The average Bonchev–Trinajstić information content (AvgIpc) is 2.13. The van der Waals surface area contributed by atoms with Gasteiger partial charge >= 0.3 is 0 Å². The van der Waals surface area contributed by atoms with Crippen LogP contribution in [-0.2, 0) is 0 Å². The third kappa shape index (κ3) is 3.69. The van der Waals surface area contributed by atoms with Gasteiger partial charge in [0.25, 0.3) is 0 Å². The Labute approximate surface area is 91.2 Å². The number of nitrogens with zero attached hydrogens (tertiary/aromatic N) is 1. The van der Waals surface area contributed by atoms with Gasteiger partial charge in [0.2, 0.25) is 0 Å². The Kier molecular flexibility index (Phi) is 5.52. The molecule has 1 aliphatic heterocycles. The normalized spacial score (nSPS) is 30.7. The maximum Gasteiger partial charge on any atom is 0.0223 e. The van der Waals surface area contributed by atoms with E-state index in [9.17, 15) is 0 Å². The highest BCUT2D eigenvalue weighted by Gasteiger charge is 2.24. The molecule has 0 aromatic rings. The molecule has 1 aliphatic rings. The summed E-state index contributed by atoms with van der Waals surface area (Å²) in [7, 11) is 0. The van der Waals surface area contributed by atoms with E-state index in [1.807, 2.05) is 0 Å². The van der Waals surface area contributed by atoms with Crippen molar-refractivity contribution in [1.29, 1.82) is 0 Å². The van der Waals surface area contributed by atoms with Crippen LogP contribution in [0.1, 0.15) is 26.7 Å². The minimum Gasteiger partial charge on any atom is -0.299 e. The molecule has 1 heterocycles. The van der Waals surface area contributed by atoms with Crippen LogP contribution < -0.4 is 0 Å². The molecule has 1 saturated heterocycles. The maximum atomic E-state index is 5.66. The van der Waals surface area contributed by atoms with Gasteiger partial charge in [0.05, 0.1) is 0 Å². The van der Waals surface area contributed by atoms with Gasteiger partial charge in [-0.05, 0) is 26.3 Å². The van der Waals surface area contributed by atoms with Crippen molar-refractivity contribution >= 4 is 23.4 Å². The van der Waals surface area contributed by atoms with Crippen LogP contribution in [0, 0.1) is 0 Å². The first kappa shape index (κ1) is 11.7. The van der Waals surface area contributed by atoms with Crippen molar-refractivity contribution in [1.82, 2.24) is 4.90 Å². The molecule has 0 amide bonds. The molecule has 0 aliphatic carbocycles. The van der Waals surface area contributed by atoms with E-state index in [4.69, 9.17) is 11.6 Å². The molecule has 1 rings (SSSR count). The Morgan fingerprint density at radius 1 is 1.38 bits per heavy atom. The van der Waals surface area contributed by atoms with Crippen molar-refractivity contribution in [2.24, 2.45) is 0 Å². The van der Waals surface area contributed by atoms with E-state index in [0.717, 1.165) is 23.6 Å². The zero-order chi connectivity index (χ0) is 9.68. The lowest BCUT2D eigenvalue weighted by Crippen LogP contribution is -2.44. The van der Waals surface area contributed by atoms with Gasteiger partial charge in [0.1, 0.15) is 0 Å². The molecular formula is C10H20ClNS. The molecule has 0 aromatic carbocycles. The van der Waals surface area contributed by atoms with E-state index in [2.05, 4.69) is 30.5 Å². The van der Waals surface area contributed by atoms with Crippen LogP contribution in [-0.4, -0.2) is 40.9 Å². The Morgan fingerprint density at radius 3 is 2.85 bits per heavy atom. The summed E-state index contributed by atoms with van der Waals surface area (Å²) in [4.78, 5) is 2.60. The van der Waals surface area contributed by atoms with Crippen molar-refractivity contribution in [2.45, 2.75) is 38.0 Å². The quantitative estimate of drug-likeness (QED) is 0.531. The van der Waals surface area contributed by atoms with Crippen LogP contribution in [0.15, 0.2) is 0 Å². The monoisotopic (exact) mass is 221 g/mol. The van der Waals surface area contributed by atoms with E-state index in [1.165, 1.54) is 25.3 Å². The predicted molar refractivity (Wildman–Crippen MR) is 62.9 cm³/mol. The van der Waals surface area contributed by atoms with Crippen molar-refractivity contribution in [2.75, 3.05) is 24.7 Å². The standard InChI is InChI=1S/C10H20ClNS/c1-9-10(2)13-8-7-12(9)6-4-3-5-11/h9-10H,3-8H2,1-2H3. The molecule has 1 fully saturated rings. The van der Waals surface area contributed by atoms with Crippen LogP contribution in [0.4, 0.5) is 0 Å². The van der Waals surface area contributed by atoms with Crippen LogP contribution >= 0.6 is 23.4 Å². The van der Waals surface area contributed by atoms with Gasteiger partial charge in [0, 0.05) is 29.5 Å². The second-order valence-electron chi connectivity index (χ2n) is 3.75. The Balaban J connectivity index is 2.23. The van der Waals surface area contributed by atoms with Gasteiger partial charge in [-0.3, -0.25) is 4.90 Å². The van der Waals surface area contributed by atoms with Crippen molar-refractivity contribution in [3.05, 3.63) is 0 Å². The summed E-state index contributed by atoms with van der Waals surface area (Å²) in [6.45, 7) is 7.18. The topological polar surface area (TPSA) is 3.24 Å². The van der Waals surface area contributed by atoms with Gasteiger partial charge < -0.3 is 0 Å². The molecule has 2 atom stereocenters. The van der Waals surface area contributed by atoms with E-state index in [-0.39, 0.29) is 0 Å². The second kappa shape index (κ2) is 6.15. The molecule has 0 aromatic heterocycles. The van der Waals surface area contributed by atoms with E-state index >= 15 is 0 Å². The molecule has 13 heavy (non-hydrogen) atoms. The average molecular weight is 222 g/mol. The summed E-state index contributed by atoms with van der Waals surface area (Å²) in [5.74, 6) is 2.11. The maximum absolute atomic E-state index is 5.66. The first-order valence-electron chi connectivity index (χ1n) is 5.17. The van der Waals surface area contributed by atoms with Gasteiger partial charge in [0.15, 0.2) is 0 Å². The lowest BCUT2D eigenvalue weighted by molar-refractivity contribution is 0.210. The van der Waals surface area contributed by atoms with Crippen molar-refractivity contribution in [3.8, 4) is 0 Å². The molecule has 0 bridgehead atoms. The summed E-state index contributed by atoms with van der Waals surface area (Å²) in [5.41, 5.74) is 0. The van der Waals surface area contributed by atoms with Crippen LogP contribution in [0.2, 0.25) is 0 Å². The Bertz CT molecular complexity index is 143. The first-order valence-corrected chi connectivity index (χ1v) is 6.75. The van der Waals surface area contributed by atoms with Gasteiger partial charge in [-0.25, -0.2) is 0 Å². The number of unbranched alkanes of at least 4 members (excludes halogenated alkanes) is 1. The lowest BCUT2D eigenvalue weighted by atomic mass is 10.2. The smallest absolute Gasteiger partial charge is 0.0223 e. The summed E-state index contributed by atoms with van der Waals surface area (Å²) in [6.07, 6.45) is 2.41. The summed E-state index contributed by atoms with van der Waals surface area (Å²) < 4.78 is 0. The van der Waals surface area contributed by atoms with Crippen molar-refractivity contribution in [3.63, 3.8) is 0 Å². The second-order valence-corrected chi connectivity index (χ2v) is 5.61. The third-order valence-electron chi connectivity index (χ3n) is 2.84. The summed E-state index contributed by atoms with van der Waals surface area (Å²) in [5, 5.41) is 0.796. The predicted octanol–water partition coefficient (Wildman–Crippen LogP) is 2.83. The van der Waals surface area contributed by atoms with Crippen LogP contribution in [0.5, 0.6) is 0 Å². The van der Waals surface area contributed by atoms with Crippen LogP contribution in [0.25, 0.3) is 0 Å². The molecule has 1 nitrogen and oxygen atoms in total. The number of rotatable bonds is 4. The van der Waals surface area contributed by atoms with Gasteiger partial charge in [-0.2, -0.15) is 11.8 Å². The minimum absolute atomic E-state index is 0.745. The first-order chi connectivity index (χ1) is 6.25. The SMILES string of the molecule is CC1SCCN(CCCCCl)C1C. The highest BCUT2D eigenvalue weighted by Crippen LogP contribution is 2.24. The number of hydrogen-bond donors (Lipinski definition) is 0. The number of thioether (sulfide) groups is 1. The molecule has 2 unspecified atom stereocenters. The van der Waals surface area contributed by atoms with Crippen LogP contribution in [0.3, 0.4) is 0 Å². The zero-order valence-electron chi connectivity index (χ0n) is 8.63. The fourth-order valence-electron chi connectivity index (χ4n) is 1.72. The van der Waals surface area contributed by atoms with E-state index in [0.29, 0.717) is 0 Å². The van der Waals surface area contributed by atoms with Crippen molar-refractivity contribution < 1.29 is 0 Å².